The monoisotopic (exact) mass is 288 g/mol. The second kappa shape index (κ2) is 5.01. The summed E-state index contributed by atoms with van der Waals surface area (Å²) in [5.74, 6) is 0. The van der Waals surface area contributed by atoms with Crippen LogP contribution >= 0.6 is 11.3 Å². The molecular formula is C20H16S. The summed E-state index contributed by atoms with van der Waals surface area (Å²) in [6.07, 6.45) is 1.01. The molecule has 0 atom stereocenters. The lowest BCUT2D eigenvalue weighted by molar-refractivity contribution is 1.17. The Morgan fingerprint density at radius 3 is 2.38 bits per heavy atom. The molecule has 0 bridgehead atoms. The van der Waals surface area contributed by atoms with E-state index < -0.39 is 0 Å². The molecule has 0 aliphatic carbocycles. The molecule has 0 spiro atoms. The molecule has 0 fully saturated rings. The van der Waals surface area contributed by atoms with Gasteiger partial charge >= 0.3 is 0 Å². The first-order valence-corrected chi connectivity index (χ1v) is 8.07. The SMILES string of the molecule is Cc1cc2c(cc1Cc1ccccc1)sc1ccccc12. The van der Waals surface area contributed by atoms with E-state index in [4.69, 9.17) is 0 Å². The highest BCUT2D eigenvalue weighted by molar-refractivity contribution is 7.25. The molecule has 0 aliphatic rings. The van der Waals surface area contributed by atoms with E-state index in [1.54, 1.807) is 0 Å². The Morgan fingerprint density at radius 2 is 1.52 bits per heavy atom. The van der Waals surface area contributed by atoms with Crippen LogP contribution in [0.3, 0.4) is 0 Å². The zero-order chi connectivity index (χ0) is 14.2. The molecule has 0 saturated heterocycles. The van der Waals surface area contributed by atoms with Crippen LogP contribution in [-0.2, 0) is 6.42 Å². The number of thiophene rings is 1. The van der Waals surface area contributed by atoms with Gasteiger partial charge in [-0.05, 0) is 48.2 Å². The van der Waals surface area contributed by atoms with Gasteiger partial charge in [-0.15, -0.1) is 11.3 Å². The number of benzene rings is 3. The van der Waals surface area contributed by atoms with Crippen LogP contribution in [0, 0.1) is 6.92 Å². The summed E-state index contributed by atoms with van der Waals surface area (Å²) in [4.78, 5) is 0. The van der Waals surface area contributed by atoms with Gasteiger partial charge in [-0.3, -0.25) is 0 Å². The molecule has 1 heterocycles. The highest BCUT2D eigenvalue weighted by Gasteiger charge is 2.08. The van der Waals surface area contributed by atoms with Crippen molar-refractivity contribution in [1.29, 1.82) is 0 Å². The van der Waals surface area contributed by atoms with E-state index in [1.807, 2.05) is 11.3 Å². The number of fused-ring (bicyclic) bond motifs is 3. The van der Waals surface area contributed by atoms with Crippen molar-refractivity contribution in [2.24, 2.45) is 0 Å². The maximum atomic E-state index is 2.38. The van der Waals surface area contributed by atoms with Crippen molar-refractivity contribution in [2.75, 3.05) is 0 Å². The zero-order valence-corrected chi connectivity index (χ0v) is 12.8. The molecule has 1 heteroatoms. The van der Waals surface area contributed by atoms with E-state index in [-0.39, 0.29) is 0 Å². The standard InChI is InChI=1S/C20H16S/c1-14-11-18-17-9-5-6-10-19(17)21-20(18)13-16(14)12-15-7-3-2-4-8-15/h2-11,13H,12H2,1H3. The molecule has 0 amide bonds. The van der Waals surface area contributed by atoms with Crippen LogP contribution in [0.15, 0.2) is 66.7 Å². The molecule has 21 heavy (non-hydrogen) atoms. The van der Waals surface area contributed by atoms with Crippen LogP contribution in [0.4, 0.5) is 0 Å². The van der Waals surface area contributed by atoms with E-state index in [9.17, 15) is 0 Å². The first kappa shape index (κ1) is 12.6. The lowest BCUT2D eigenvalue weighted by Gasteiger charge is -2.07. The van der Waals surface area contributed by atoms with Gasteiger partial charge < -0.3 is 0 Å². The number of aryl methyl sites for hydroxylation is 1. The minimum Gasteiger partial charge on any atom is -0.135 e. The van der Waals surface area contributed by atoms with Gasteiger partial charge in [-0.2, -0.15) is 0 Å². The first-order valence-electron chi connectivity index (χ1n) is 7.26. The normalized spacial score (nSPS) is 11.3. The minimum atomic E-state index is 1.01. The summed E-state index contributed by atoms with van der Waals surface area (Å²) in [5.41, 5.74) is 4.19. The van der Waals surface area contributed by atoms with Gasteiger partial charge in [0.25, 0.3) is 0 Å². The summed E-state index contributed by atoms with van der Waals surface area (Å²) >= 11 is 1.90. The van der Waals surface area contributed by atoms with Crippen molar-refractivity contribution in [2.45, 2.75) is 13.3 Å². The molecule has 0 unspecified atom stereocenters. The van der Waals surface area contributed by atoms with Crippen LogP contribution in [0.5, 0.6) is 0 Å². The van der Waals surface area contributed by atoms with Crippen LogP contribution in [0.2, 0.25) is 0 Å². The Hall–Kier alpha value is -2.12. The first-order chi connectivity index (χ1) is 10.3. The van der Waals surface area contributed by atoms with E-state index in [2.05, 4.69) is 73.7 Å². The summed E-state index contributed by atoms with van der Waals surface area (Å²) in [5, 5.41) is 2.77. The largest absolute Gasteiger partial charge is 0.135 e. The van der Waals surface area contributed by atoms with Crippen molar-refractivity contribution in [3.8, 4) is 0 Å². The Labute approximate surface area is 128 Å². The molecule has 3 aromatic carbocycles. The maximum absolute atomic E-state index is 2.38. The van der Waals surface area contributed by atoms with Gasteiger partial charge in [0, 0.05) is 20.2 Å². The number of rotatable bonds is 2. The van der Waals surface area contributed by atoms with Gasteiger partial charge in [0.15, 0.2) is 0 Å². The Balaban J connectivity index is 1.87. The van der Waals surface area contributed by atoms with E-state index in [0.29, 0.717) is 0 Å². The van der Waals surface area contributed by atoms with Crippen molar-refractivity contribution in [3.05, 3.63) is 83.4 Å². The van der Waals surface area contributed by atoms with Crippen LogP contribution in [0.1, 0.15) is 16.7 Å². The Kier molecular flexibility index (Phi) is 3.01. The fourth-order valence-corrected chi connectivity index (χ4v) is 4.08. The predicted molar refractivity (Wildman–Crippen MR) is 93.3 cm³/mol. The molecule has 0 saturated carbocycles. The minimum absolute atomic E-state index is 1.01. The quantitative estimate of drug-likeness (QED) is 0.427. The highest BCUT2D eigenvalue weighted by atomic mass is 32.1. The van der Waals surface area contributed by atoms with Crippen molar-refractivity contribution in [1.82, 2.24) is 0 Å². The fraction of sp³-hybridized carbons (Fsp3) is 0.100. The second-order valence-corrected chi connectivity index (χ2v) is 6.62. The smallest absolute Gasteiger partial charge is 0.0358 e. The van der Waals surface area contributed by atoms with E-state index >= 15 is 0 Å². The fourth-order valence-electron chi connectivity index (χ4n) is 2.93. The van der Waals surface area contributed by atoms with Crippen LogP contribution in [-0.4, -0.2) is 0 Å². The average Bonchev–Trinajstić information content (AvgIpc) is 2.86. The third-order valence-electron chi connectivity index (χ3n) is 4.07. The summed E-state index contributed by atoms with van der Waals surface area (Å²) < 4.78 is 2.77. The number of hydrogen-bond donors (Lipinski definition) is 0. The lowest BCUT2D eigenvalue weighted by Crippen LogP contribution is -1.91. The molecule has 0 N–H and O–H groups in total. The lowest BCUT2D eigenvalue weighted by atomic mass is 9.98. The van der Waals surface area contributed by atoms with Crippen LogP contribution in [0.25, 0.3) is 20.2 Å². The summed E-state index contributed by atoms with van der Waals surface area (Å²) in [6, 6.07) is 24.1. The summed E-state index contributed by atoms with van der Waals surface area (Å²) in [7, 11) is 0. The molecule has 0 nitrogen and oxygen atoms in total. The second-order valence-electron chi connectivity index (χ2n) is 5.54. The topological polar surface area (TPSA) is 0 Å². The maximum Gasteiger partial charge on any atom is 0.0358 e. The van der Waals surface area contributed by atoms with Crippen LogP contribution < -0.4 is 0 Å². The van der Waals surface area contributed by atoms with Crippen molar-refractivity contribution < 1.29 is 0 Å². The van der Waals surface area contributed by atoms with E-state index in [1.165, 1.54) is 36.9 Å². The summed E-state index contributed by atoms with van der Waals surface area (Å²) in [6.45, 7) is 2.23. The molecule has 1 aromatic heterocycles. The average molecular weight is 288 g/mol. The molecule has 4 aromatic rings. The van der Waals surface area contributed by atoms with E-state index in [0.717, 1.165) is 6.42 Å². The predicted octanol–water partition coefficient (Wildman–Crippen LogP) is 5.95. The van der Waals surface area contributed by atoms with Gasteiger partial charge in [0.2, 0.25) is 0 Å². The third-order valence-corrected chi connectivity index (χ3v) is 5.21. The Morgan fingerprint density at radius 1 is 0.762 bits per heavy atom. The zero-order valence-electron chi connectivity index (χ0n) is 12.0. The number of hydrogen-bond acceptors (Lipinski definition) is 1. The molecule has 102 valence electrons. The molecular weight excluding hydrogens is 272 g/mol. The van der Waals surface area contributed by atoms with Crippen molar-refractivity contribution in [3.63, 3.8) is 0 Å². The van der Waals surface area contributed by atoms with Gasteiger partial charge in [-0.25, -0.2) is 0 Å². The third kappa shape index (κ3) is 2.24. The van der Waals surface area contributed by atoms with Gasteiger partial charge in [-0.1, -0.05) is 48.5 Å². The molecule has 0 aliphatic heterocycles. The van der Waals surface area contributed by atoms with Crippen molar-refractivity contribution >= 4 is 31.5 Å². The highest BCUT2D eigenvalue weighted by Crippen LogP contribution is 2.35. The molecule has 4 rings (SSSR count). The van der Waals surface area contributed by atoms with Gasteiger partial charge in [0.1, 0.15) is 0 Å². The Bertz CT molecular complexity index is 917. The van der Waals surface area contributed by atoms with Gasteiger partial charge in [0.05, 0.1) is 0 Å². The molecule has 0 radical (unpaired) electrons.